The Morgan fingerprint density at radius 2 is 1.92 bits per heavy atom. The normalized spacial score (nSPS) is 16.1. The van der Waals surface area contributed by atoms with Crippen LogP contribution >= 0.6 is 12.4 Å². The van der Waals surface area contributed by atoms with Crippen LogP contribution in [0.15, 0.2) is 34.9 Å². The molecule has 1 aromatic heterocycles. The molecule has 5 heteroatoms. The Morgan fingerprint density at radius 1 is 1.21 bits per heavy atom. The standard InChI is InChI=1S/C19H27N3O.ClH/c1-15-3-5-17(6-4-15)19-21-18(14-23-19)13-22-11-8-16(9-12-22)7-10-20-2;/h3-6,14,16,20H,7-13H2,1-2H3;1H. The van der Waals surface area contributed by atoms with Crippen LogP contribution < -0.4 is 5.32 Å². The summed E-state index contributed by atoms with van der Waals surface area (Å²) in [5.41, 5.74) is 3.34. The Hall–Kier alpha value is -1.36. The molecule has 0 spiro atoms. The molecule has 0 saturated carbocycles. The average Bonchev–Trinajstić information content (AvgIpc) is 3.03. The van der Waals surface area contributed by atoms with Crippen molar-refractivity contribution >= 4 is 12.4 Å². The van der Waals surface area contributed by atoms with Crippen molar-refractivity contribution in [3.8, 4) is 11.5 Å². The van der Waals surface area contributed by atoms with Gasteiger partial charge in [0.2, 0.25) is 5.89 Å². The first-order valence-electron chi connectivity index (χ1n) is 8.63. The van der Waals surface area contributed by atoms with E-state index in [1.54, 1.807) is 0 Å². The first-order valence-corrected chi connectivity index (χ1v) is 8.63. The molecule has 1 aromatic carbocycles. The van der Waals surface area contributed by atoms with Gasteiger partial charge in [0.05, 0.1) is 5.69 Å². The number of aromatic nitrogens is 1. The van der Waals surface area contributed by atoms with Gasteiger partial charge < -0.3 is 9.73 Å². The number of nitrogens with one attached hydrogen (secondary N) is 1. The van der Waals surface area contributed by atoms with Crippen LogP contribution in [0.1, 0.15) is 30.5 Å². The van der Waals surface area contributed by atoms with E-state index in [-0.39, 0.29) is 12.4 Å². The number of hydrogen-bond acceptors (Lipinski definition) is 4. The lowest BCUT2D eigenvalue weighted by atomic mass is 9.93. The molecular formula is C19H28ClN3O. The second kappa shape index (κ2) is 9.21. The van der Waals surface area contributed by atoms with Gasteiger partial charge in [-0.1, -0.05) is 17.7 Å². The zero-order valence-electron chi connectivity index (χ0n) is 14.6. The van der Waals surface area contributed by atoms with E-state index in [2.05, 4.69) is 46.4 Å². The van der Waals surface area contributed by atoms with Crippen LogP contribution in [0.25, 0.3) is 11.5 Å². The lowest BCUT2D eigenvalue weighted by molar-refractivity contribution is 0.170. The lowest BCUT2D eigenvalue weighted by Gasteiger charge is -2.31. The minimum absolute atomic E-state index is 0. The third-order valence-corrected chi connectivity index (χ3v) is 4.75. The SMILES string of the molecule is CNCCC1CCN(Cc2coc(-c3ccc(C)cc3)n2)CC1.Cl. The number of aryl methyl sites for hydroxylation is 1. The van der Waals surface area contributed by atoms with Gasteiger partial charge >= 0.3 is 0 Å². The fourth-order valence-corrected chi connectivity index (χ4v) is 3.22. The number of benzene rings is 1. The molecular weight excluding hydrogens is 322 g/mol. The van der Waals surface area contributed by atoms with Gasteiger partial charge in [-0.3, -0.25) is 4.90 Å². The fourth-order valence-electron chi connectivity index (χ4n) is 3.22. The monoisotopic (exact) mass is 349 g/mol. The van der Waals surface area contributed by atoms with Crippen molar-refractivity contribution in [3.63, 3.8) is 0 Å². The van der Waals surface area contributed by atoms with Gasteiger partial charge in [0, 0.05) is 12.1 Å². The summed E-state index contributed by atoms with van der Waals surface area (Å²) in [5, 5.41) is 3.25. The van der Waals surface area contributed by atoms with Gasteiger partial charge in [-0.25, -0.2) is 4.98 Å². The van der Waals surface area contributed by atoms with E-state index in [1.165, 1.54) is 37.9 Å². The van der Waals surface area contributed by atoms with E-state index in [1.807, 2.05) is 13.3 Å². The van der Waals surface area contributed by atoms with E-state index in [4.69, 9.17) is 4.42 Å². The van der Waals surface area contributed by atoms with Gasteiger partial charge in [-0.2, -0.15) is 0 Å². The van der Waals surface area contributed by atoms with Crippen LogP contribution in [-0.2, 0) is 6.54 Å². The molecule has 2 aromatic rings. The number of hydrogen-bond donors (Lipinski definition) is 1. The quantitative estimate of drug-likeness (QED) is 0.858. The van der Waals surface area contributed by atoms with Gasteiger partial charge in [-0.05, 0) is 70.9 Å². The predicted molar refractivity (Wildman–Crippen MR) is 100 cm³/mol. The Morgan fingerprint density at radius 3 is 2.58 bits per heavy atom. The lowest BCUT2D eigenvalue weighted by Crippen LogP contribution is -2.34. The van der Waals surface area contributed by atoms with Crippen LogP contribution in [0.3, 0.4) is 0 Å². The van der Waals surface area contributed by atoms with Crippen LogP contribution in [0.5, 0.6) is 0 Å². The third-order valence-electron chi connectivity index (χ3n) is 4.75. The maximum atomic E-state index is 5.66. The molecule has 0 bridgehead atoms. The molecule has 0 radical (unpaired) electrons. The molecule has 0 aliphatic carbocycles. The van der Waals surface area contributed by atoms with Crippen molar-refractivity contribution < 1.29 is 4.42 Å². The highest BCUT2D eigenvalue weighted by molar-refractivity contribution is 5.85. The van der Waals surface area contributed by atoms with Gasteiger partial charge in [0.15, 0.2) is 0 Å². The highest BCUT2D eigenvalue weighted by Crippen LogP contribution is 2.23. The summed E-state index contributed by atoms with van der Waals surface area (Å²) in [5.74, 6) is 1.60. The van der Waals surface area contributed by atoms with Crippen molar-refractivity contribution in [1.29, 1.82) is 0 Å². The predicted octanol–water partition coefficient (Wildman–Crippen LogP) is 3.89. The summed E-state index contributed by atoms with van der Waals surface area (Å²) in [6.45, 7) is 6.45. The van der Waals surface area contributed by atoms with E-state index >= 15 is 0 Å². The maximum absolute atomic E-state index is 5.66. The highest BCUT2D eigenvalue weighted by atomic mass is 35.5. The molecule has 4 nitrogen and oxygen atoms in total. The third kappa shape index (κ3) is 5.07. The highest BCUT2D eigenvalue weighted by Gasteiger charge is 2.19. The van der Waals surface area contributed by atoms with Crippen molar-refractivity contribution in [2.45, 2.75) is 32.7 Å². The molecule has 0 unspecified atom stereocenters. The summed E-state index contributed by atoms with van der Waals surface area (Å²) in [6, 6.07) is 8.32. The molecule has 0 amide bonds. The first kappa shape index (κ1) is 19.0. The topological polar surface area (TPSA) is 41.3 Å². The smallest absolute Gasteiger partial charge is 0.226 e. The largest absolute Gasteiger partial charge is 0.444 e. The number of likely N-dealkylation sites (tertiary alicyclic amines) is 1. The number of nitrogens with zero attached hydrogens (tertiary/aromatic N) is 2. The van der Waals surface area contributed by atoms with Gasteiger partial charge in [-0.15, -0.1) is 12.4 Å². The van der Waals surface area contributed by atoms with Crippen molar-refractivity contribution in [3.05, 3.63) is 41.8 Å². The summed E-state index contributed by atoms with van der Waals surface area (Å²) in [4.78, 5) is 7.15. The second-order valence-electron chi connectivity index (χ2n) is 6.62. The second-order valence-corrected chi connectivity index (χ2v) is 6.62. The molecule has 132 valence electrons. The summed E-state index contributed by atoms with van der Waals surface area (Å²) < 4.78 is 5.66. The van der Waals surface area contributed by atoms with Crippen LogP contribution in [0.2, 0.25) is 0 Å². The summed E-state index contributed by atoms with van der Waals surface area (Å²) in [6.07, 6.45) is 5.70. The Bertz CT molecular complexity index is 603. The molecule has 3 rings (SSSR count). The number of piperidine rings is 1. The van der Waals surface area contributed by atoms with Crippen LogP contribution in [0.4, 0.5) is 0 Å². The Balaban J connectivity index is 0.00000208. The molecule has 1 fully saturated rings. The first-order chi connectivity index (χ1) is 11.2. The number of halogens is 1. The van der Waals surface area contributed by atoms with Gasteiger partial charge in [0.1, 0.15) is 6.26 Å². The number of oxazole rings is 1. The van der Waals surface area contributed by atoms with Crippen molar-refractivity contribution in [2.24, 2.45) is 5.92 Å². The summed E-state index contributed by atoms with van der Waals surface area (Å²) in [7, 11) is 2.03. The maximum Gasteiger partial charge on any atom is 0.226 e. The van der Waals surface area contributed by atoms with E-state index in [0.29, 0.717) is 0 Å². The molecule has 0 atom stereocenters. The fraction of sp³-hybridized carbons (Fsp3) is 0.526. The van der Waals surface area contributed by atoms with Crippen molar-refractivity contribution in [2.75, 3.05) is 26.7 Å². The van der Waals surface area contributed by atoms with Crippen LogP contribution in [0, 0.1) is 12.8 Å². The van der Waals surface area contributed by atoms with E-state index in [9.17, 15) is 0 Å². The average molecular weight is 350 g/mol. The Labute approximate surface area is 151 Å². The zero-order chi connectivity index (χ0) is 16.1. The number of rotatable bonds is 6. The zero-order valence-corrected chi connectivity index (χ0v) is 15.4. The summed E-state index contributed by atoms with van der Waals surface area (Å²) >= 11 is 0. The Kier molecular flexibility index (Phi) is 7.28. The van der Waals surface area contributed by atoms with Crippen LogP contribution in [-0.4, -0.2) is 36.6 Å². The van der Waals surface area contributed by atoms with Crippen molar-refractivity contribution in [1.82, 2.24) is 15.2 Å². The minimum Gasteiger partial charge on any atom is -0.444 e. The molecule has 1 aliphatic heterocycles. The minimum atomic E-state index is 0. The molecule has 1 aliphatic rings. The van der Waals surface area contributed by atoms with Gasteiger partial charge in [0.25, 0.3) is 0 Å². The molecule has 24 heavy (non-hydrogen) atoms. The molecule has 2 heterocycles. The molecule has 1 saturated heterocycles. The molecule has 1 N–H and O–H groups in total. The van der Waals surface area contributed by atoms with E-state index in [0.717, 1.165) is 36.2 Å². The van der Waals surface area contributed by atoms with E-state index < -0.39 is 0 Å².